The maximum absolute atomic E-state index is 13.4. The summed E-state index contributed by atoms with van der Waals surface area (Å²) in [5.74, 6) is -2.39. The van der Waals surface area contributed by atoms with E-state index in [1.54, 1.807) is 0 Å². The standard InChI is InChI=1S/C10H9Br2F2NO/c1-15(3-2-11)10(16)9-7(13)4-6(12)5-8(9)14/h4-5H,2-3H2,1H3. The maximum atomic E-state index is 13.4. The van der Waals surface area contributed by atoms with Crippen molar-refractivity contribution >= 4 is 37.8 Å². The summed E-state index contributed by atoms with van der Waals surface area (Å²) in [5, 5.41) is 0.551. The molecule has 0 aliphatic rings. The molecule has 1 amide bonds. The highest BCUT2D eigenvalue weighted by Gasteiger charge is 2.21. The molecule has 16 heavy (non-hydrogen) atoms. The minimum absolute atomic E-state index is 0.266. The molecule has 0 aliphatic carbocycles. The van der Waals surface area contributed by atoms with Crippen LogP contribution < -0.4 is 0 Å². The first-order chi connectivity index (χ1) is 7.47. The highest BCUT2D eigenvalue weighted by molar-refractivity contribution is 9.10. The van der Waals surface area contributed by atoms with E-state index in [4.69, 9.17) is 0 Å². The fourth-order valence-electron chi connectivity index (χ4n) is 1.17. The minimum Gasteiger partial charge on any atom is -0.341 e. The smallest absolute Gasteiger partial charge is 0.259 e. The van der Waals surface area contributed by atoms with Gasteiger partial charge in [0.05, 0.1) is 0 Å². The molecule has 0 aliphatic heterocycles. The van der Waals surface area contributed by atoms with Gasteiger partial charge in [-0.2, -0.15) is 0 Å². The Hall–Kier alpha value is -0.490. The lowest BCUT2D eigenvalue weighted by Gasteiger charge is -2.16. The molecule has 0 spiro atoms. The van der Waals surface area contributed by atoms with E-state index in [2.05, 4.69) is 31.9 Å². The third-order valence-electron chi connectivity index (χ3n) is 1.99. The number of amides is 1. The molecule has 88 valence electrons. The fourth-order valence-corrected chi connectivity index (χ4v) is 2.10. The molecule has 0 unspecified atom stereocenters. The van der Waals surface area contributed by atoms with Crippen LogP contribution in [0.2, 0.25) is 0 Å². The van der Waals surface area contributed by atoms with Gasteiger partial charge in [0, 0.05) is 23.4 Å². The van der Waals surface area contributed by atoms with Crippen LogP contribution in [-0.2, 0) is 0 Å². The van der Waals surface area contributed by atoms with Crippen LogP contribution >= 0.6 is 31.9 Å². The zero-order chi connectivity index (χ0) is 12.3. The predicted molar refractivity (Wildman–Crippen MR) is 64.8 cm³/mol. The third kappa shape index (κ3) is 3.01. The van der Waals surface area contributed by atoms with Gasteiger partial charge < -0.3 is 4.90 Å². The van der Waals surface area contributed by atoms with E-state index in [0.717, 1.165) is 12.1 Å². The van der Waals surface area contributed by atoms with Gasteiger partial charge in [0.1, 0.15) is 17.2 Å². The Morgan fingerprint density at radius 1 is 1.38 bits per heavy atom. The molecule has 1 aromatic rings. The molecule has 0 heterocycles. The first kappa shape index (κ1) is 13.6. The molecule has 0 bridgehead atoms. The van der Waals surface area contributed by atoms with Crippen molar-refractivity contribution in [3.63, 3.8) is 0 Å². The summed E-state index contributed by atoms with van der Waals surface area (Å²) in [7, 11) is 1.49. The molecular weight excluding hydrogens is 348 g/mol. The van der Waals surface area contributed by atoms with Gasteiger partial charge in [-0.3, -0.25) is 4.79 Å². The van der Waals surface area contributed by atoms with Crippen molar-refractivity contribution in [2.24, 2.45) is 0 Å². The van der Waals surface area contributed by atoms with Gasteiger partial charge in [-0.25, -0.2) is 8.78 Å². The van der Waals surface area contributed by atoms with Gasteiger partial charge in [0.25, 0.3) is 5.91 Å². The van der Waals surface area contributed by atoms with Crippen molar-refractivity contribution in [2.75, 3.05) is 18.9 Å². The van der Waals surface area contributed by atoms with Crippen molar-refractivity contribution in [1.29, 1.82) is 0 Å². The lowest BCUT2D eigenvalue weighted by Crippen LogP contribution is -2.30. The number of carbonyl (C=O) groups is 1. The van der Waals surface area contributed by atoms with Crippen molar-refractivity contribution < 1.29 is 13.6 Å². The van der Waals surface area contributed by atoms with Crippen LogP contribution in [-0.4, -0.2) is 29.7 Å². The quantitative estimate of drug-likeness (QED) is 0.761. The molecule has 0 N–H and O–H groups in total. The molecule has 0 atom stereocenters. The number of rotatable bonds is 3. The second kappa shape index (κ2) is 5.72. The highest BCUT2D eigenvalue weighted by atomic mass is 79.9. The molecule has 0 saturated heterocycles. The SMILES string of the molecule is CN(CCBr)C(=O)c1c(F)cc(Br)cc1F. The molecule has 0 fully saturated rings. The van der Waals surface area contributed by atoms with Crippen molar-refractivity contribution in [3.05, 3.63) is 33.8 Å². The molecule has 1 aromatic carbocycles. The summed E-state index contributed by atoms with van der Waals surface area (Å²) in [6.07, 6.45) is 0. The monoisotopic (exact) mass is 355 g/mol. The number of alkyl halides is 1. The molecule has 0 aromatic heterocycles. The number of benzene rings is 1. The Morgan fingerprint density at radius 3 is 2.31 bits per heavy atom. The van der Waals surface area contributed by atoms with E-state index in [-0.39, 0.29) is 4.47 Å². The minimum atomic E-state index is -0.863. The summed E-state index contributed by atoms with van der Waals surface area (Å²) in [4.78, 5) is 13.0. The first-order valence-electron chi connectivity index (χ1n) is 4.43. The van der Waals surface area contributed by atoms with Crippen LogP contribution in [0.15, 0.2) is 16.6 Å². The fraction of sp³-hybridized carbons (Fsp3) is 0.300. The molecule has 1 rings (SSSR count). The molecule has 6 heteroatoms. The normalized spacial score (nSPS) is 10.3. The van der Waals surface area contributed by atoms with E-state index < -0.39 is 23.1 Å². The van der Waals surface area contributed by atoms with Crippen LogP contribution in [0.1, 0.15) is 10.4 Å². The van der Waals surface area contributed by atoms with E-state index in [1.807, 2.05) is 0 Å². The van der Waals surface area contributed by atoms with Crippen LogP contribution in [0.4, 0.5) is 8.78 Å². The van der Waals surface area contributed by atoms with E-state index in [0.29, 0.717) is 11.9 Å². The van der Waals surface area contributed by atoms with Crippen LogP contribution in [0, 0.1) is 11.6 Å². The van der Waals surface area contributed by atoms with Gasteiger partial charge >= 0.3 is 0 Å². The molecule has 0 saturated carbocycles. The van der Waals surface area contributed by atoms with Gasteiger partial charge in [-0.15, -0.1) is 0 Å². The zero-order valence-corrected chi connectivity index (χ0v) is 11.6. The Morgan fingerprint density at radius 2 is 1.88 bits per heavy atom. The second-order valence-corrected chi connectivity index (χ2v) is 4.87. The summed E-state index contributed by atoms with van der Waals surface area (Å²) < 4.78 is 27.1. The number of hydrogen-bond acceptors (Lipinski definition) is 1. The average Bonchev–Trinajstić information content (AvgIpc) is 2.16. The van der Waals surface area contributed by atoms with Gasteiger partial charge in [-0.05, 0) is 12.1 Å². The Labute approximate surface area is 109 Å². The summed E-state index contributed by atoms with van der Waals surface area (Å²) in [6, 6.07) is 2.14. The predicted octanol–water partition coefficient (Wildman–Crippen LogP) is 3.19. The van der Waals surface area contributed by atoms with Gasteiger partial charge in [0.15, 0.2) is 0 Å². The summed E-state index contributed by atoms with van der Waals surface area (Å²) in [5.41, 5.74) is -0.522. The highest BCUT2D eigenvalue weighted by Crippen LogP contribution is 2.20. The van der Waals surface area contributed by atoms with Gasteiger partial charge in [-0.1, -0.05) is 31.9 Å². The van der Waals surface area contributed by atoms with Crippen LogP contribution in [0.5, 0.6) is 0 Å². The largest absolute Gasteiger partial charge is 0.341 e. The topological polar surface area (TPSA) is 20.3 Å². The van der Waals surface area contributed by atoms with Gasteiger partial charge in [0.2, 0.25) is 0 Å². The summed E-state index contributed by atoms with van der Waals surface area (Å²) >= 11 is 6.10. The van der Waals surface area contributed by atoms with Crippen molar-refractivity contribution in [3.8, 4) is 0 Å². The lowest BCUT2D eigenvalue weighted by atomic mass is 10.1. The zero-order valence-electron chi connectivity index (χ0n) is 8.44. The number of halogens is 4. The second-order valence-electron chi connectivity index (χ2n) is 3.16. The van der Waals surface area contributed by atoms with Crippen LogP contribution in [0.3, 0.4) is 0 Å². The third-order valence-corrected chi connectivity index (χ3v) is 2.80. The van der Waals surface area contributed by atoms with Crippen molar-refractivity contribution in [1.82, 2.24) is 4.90 Å². The lowest BCUT2D eigenvalue weighted by molar-refractivity contribution is 0.0794. The van der Waals surface area contributed by atoms with E-state index in [1.165, 1.54) is 11.9 Å². The van der Waals surface area contributed by atoms with Crippen LogP contribution in [0.25, 0.3) is 0 Å². The molecule has 0 radical (unpaired) electrons. The Bertz CT molecular complexity index is 389. The number of carbonyl (C=O) groups excluding carboxylic acids is 1. The number of nitrogens with zero attached hydrogens (tertiary/aromatic N) is 1. The number of hydrogen-bond donors (Lipinski definition) is 0. The molecule has 2 nitrogen and oxygen atoms in total. The van der Waals surface area contributed by atoms with E-state index in [9.17, 15) is 13.6 Å². The summed E-state index contributed by atoms with van der Waals surface area (Å²) in [6.45, 7) is 0.383. The molecular formula is C10H9Br2F2NO. The average molecular weight is 357 g/mol. The van der Waals surface area contributed by atoms with Crippen molar-refractivity contribution in [2.45, 2.75) is 0 Å². The maximum Gasteiger partial charge on any atom is 0.259 e. The Kier molecular flexibility index (Phi) is 4.86. The first-order valence-corrected chi connectivity index (χ1v) is 6.34. The van der Waals surface area contributed by atoms with E-state index >= 15 is 0 Å². The Balaban J connectivity index is 3.08.